The lowest BCUT2D eigenvalue weighted by atomic mass is 10.1. The van der Waals surface area contributed by atoms with E-state index in [2.05, 4.69) is 31.4 Å². The highest BCUT2D eigenvalue weighted by Gasteiger charge is 2.12. The van der Waals surface area contributed by atoms with Crippen LogP contribution in [0.1, 0.15) is 35.8 Å². The molecular formula is C12H12BrN3O2. The first-order chi connectivity index (χ1) is 8.56. The van der Waals surface area contributed by atoms with E-state index >= 15 is 0 Å². The second kappa shape index (κ2) is 5.30. The van der Waals surface area contributed by atoms with Crippen molar-refractivity contribution >= 4 is 27.7 Å². The van der Waals surface area contributed by atoms with Crippen LogP contribution in [-0.4, -0.2) is 16.0 Å². The second-order valence-corrected chi connectivity index (χ2v) is 4.90. The minimum Gasteiger partial charge on any atom is -0.338 e. The normalized spacial score (nSPS) is 10.7. The number of pyridine rings is 1. The molecule has 2 rings (SSSR count). The fourth-order valence-corrected chi connectivity index (χ4v) is 1.71. The summed E-state index contributed by atoms with van der Waals surface area (Å²) in [7, 11) is 0. The zero-order valence-corrected chi connectivity index (χ0v) is 11.6. The van der Waals surface area contributed by atoms with Crippen molar-refractivity contribution in [1.82, 2.24) is 10.1 Å². The molecule has 0 saturated heterocycles. The van der Waals surface area contributed by atoms with Gasteiger partial charge in [0.05, 0.1) is 5.69 Å². The number of hydrogen-bond acceptors (Lipinski definition) is 4. The molecule has 5 nitrogen and oxygen atoms in total. The van der Waals surface area contributed by atoms with Crippen molar-refractivity contribution in [2.45, 2.75) is 19.8 Å². The Morgan fingerprint density at radius 2 is 2.22 bits per heavy atom. The maximum atomic E-state index is 11.9. The average molecular weight is 310 g/mol. The number of carbonyl (C=O) groups excluding carboxylic acids is 1. The van der Waals surface area contributed by atoms with Gasteiger partial charge in [0.15, 0.2) is 0 Å². The predicted molar refractivity (Wildman–Crippen MR) is 70.5 cm³/mol. The molecule has 2 aromatic rings. The van der Waals surface area contributed by atoms with Gasteiger partial charge < -0.3 is 4.52 Å². The Labute approximate surface area is 113 Å². The summed E-state index contributed by atoms with van der Waals surface area (Å²) in [5, 5.41) is 6.51. The van der Waals surface area contributed by atoms with Gasteiger partial charge in [-0.05, 0) is 34.0 Å². The van der Waals surface area contributed by atoms with Crippen LogP contribution in [0.5, 0.6) is 0 Å². The van der Waals surface area contributed by atoms with Gasteiger partial charge in [0, 0.05) is 17.8 Å². The zero-order valence-electron chi connectivity index (χ0n) is 9.98. The molecule has 0 aliphatic heterocycles. The Morgan fingerprint density at radius 1 is 1.44 bits per heavy atom. The predicted octanol–water partition coefficient (Wildman–Crippen LogP) is 3.21. The van der Waals surface area contributed by atoms with Crippen molar-refractivity contribution < 1.29 is 9.32 Å². The average Bonchev–Trinajstić information content (AvgIpc) is 2.77. The monoisotopic (exact) mass is 309 g/mol. The van der Waals surface area contributed by atoms with Gasteiger partial charge in [0.1, 0.15) is 4.60 Å². The van der Waals surface area contributed by atoms with Crippen LogP contribution in [0, 0.1) is 0 Å². The van der Waals surface area contributed by atoms with E-state index in [9.17, 15) is 4.79 Å². The molecule has 0 aromatic carbocycles. The molecule has 6 heteroatoms. The fourth-order valence-electron chi connectivity index (χ4n) is 1.35. The van der Waals surface area contributed by atoms with Crippen LogP contribution >= 0.6 is 15.9 Å². The number of rotatable bonds is 3. The van der Waals surface area contributed by atoms with Crippen LogP contribution < -0.4 is 5.32 Å². The van der Waals surface area contributed by atoms with Gasteiger partial charge in [0.25, 0.3) is 5.91 Å². The minimum atomic E-state index is -0.260. The number of nitrogens with zero attached hydrogens (tertiary/aromatic N) is 2. The smallest absolute Gasteiger partial charge is 0.258 e. The van der Waals surface area contributed by atoms with E-state index in [0.717, 1.165) is 5.69 Å². The van der Waals surface area contributed by atoms with E-state index in [4.69, 9.17) is 4.52 Å². The summed E-state index contributed by atoms with van der Waals surface area (Å²) in [5.74, 6) is 0.343. The first-order valence-electron chi connectivity index (χ1n) is 5.46. The molecule has 0 aliphatic rings. The van der Waals surface area contributed by atoms with Crippen molar-refractivity contribution in [2.75, 3.05) is 5.32 Å². The number of halogens is 1. The van der Waals surface area contributed by atoms with Gasteiger partial charge in [-0.3, -0.25) is 10.1 Å². The summed E-state index contributed by atoms with van der Waals surface area (Å²) in [4.78, 5) is 15.9. The van der Waals surface area contributed by atoms with Crippen molar-refractivity contribution in [3.05, 3.63) is 40.3 Å². The molecule has 0 saturated carbocycles. The highest BCUT2D eigenvalue weighted by molar-refractivity contribution is 9.10. The summed E-state index contributed by atoms with van der Waals surface area (Å²) in [6, 6.07) is 4.98. The van der Waals surface area contributed by atoms with Crippen molar-refractivity contribution in [3.63, 3.8) is 0 Å². The molecule has 0 unspecified atom stereocenters. The highest BCUT2D eigenvalue weighted by Crippen LogP contribution is 2.18. The van der Waals surface area contributed by atoms with Gasteiger partial charge in [-0.15, -0.1) is 0 Å². The van der Waals surface area contributed by atoms with E-state index < -0.39 is 0 Å². The van der Waals surface area contributed by atoms with Crippen LogP contribution in [0.4, 0.5) is 5.88 Å². The first kappa shape index (κ1) is 12.8. The molecule has 0 spiro atoms. The van der Waals surface area contributed by atoms with Crippen LogP contribution in [0.3, 0.4) is 0 Å². The molecule has 2 heterocycles. The van der Waals surface area contributed by atoms with Gasteiger partial charge in [0.2, 0.25) is 5.88 Å². The zero-order chi connectivity index (χ0) is 13.1. The Hall–Kier alpha value is -1.69. The Balaban J connectivity index is 2.11. The lowest BCUT2D eigenvalue weighted by molar-refractivity contribution is 0.102. The summed E-state index contributed by atoms with van der Waals surface area (Å²) in [6.45, 7) is 4.01. The molecule has 18 heavy (non-hydrogen) atoms. The molecular weight excluding hydrogens is 298 g/mol. The van der Waals surface area contributed by atoms with Crippen LogP contribution in [0.25, 0.3) is 0 Å². The van der Waals surface area contributed by atoms with Gasteiger partial charge in [-0.1, -0.05) is 19.0 Å². The number of anilines is 1. The summed E-state index contributed by atoms with van der Waals surface area (Å²) < 4.78 is 5.65. The number of hydrogen-bond donors (Lipinski definition) is 1. The molecule has 0 bridgehead atoms. The molecule has 0 fully saturated rings. The van der Waals surface area contributed by atoms with E-state index in [1.54, 1.807) is 24.4 Å². The summed E-state index contributed by atoms with van der Waals surface area (Å²) >= 11 is 3.21. The topological polar surface area (TPSA) is 68.0 Å². The molecule has 0 atom stereocenters. The molecule has 0 aliphatic carbocycles. The third kappa shape index (κ3) is 2.95. The number of amides is 1. The molecule has 0 radical (unpaired) electrons. The summed E-state index contributed by atoms with van der Waals surface area (Å²) in [6.07, 6.45) is 1.55. The lowest BCUT2D eigenvalue weighted by Crippen LogP contribution is -2.11. The fraction of sp³-hybridized carbons (Fsp3) is 0.250. The number of nitrogens with one attached hydrogen (secondary N) is 1. The van der Waals surface area contributed by atoms with Crippen molar-refractivity contribution in [2.24, 2.45) is 0 Å². The van der Waals surface area contributed by atoms with Crippen LogP contribution in [-0.2, 0) is 0 Å². The van der Waals surface area contributed by atoms with Gasteiger partial charge >= 0.3 is 0 Å². The maximum Gasteiger partial charge on any atom is 0.258 e. The minimum absolute atomic E-state index is 0.259. The second-order valence-electron chi connectivity index (χ2n) is 4.09. The molecule has 94 valence electrons. The Bertz CT molecular complexity index is 566. The molecule has 1 N–H and O–H groups in total. The van der Waals surface area contributed by atoms with E-state index in [1.807, 2.05) is 13.8 Å². The third-order valence-corrected chi connectivity index (χ3v) is 2.78. The number of aromatic nitrogens is 2. The summed E-state index contributed by atoms with van der Waals surface area (Å²) in [5.41, 5.74) is 1.31. The first-order valence-corrected chi connectivity index (χ1v) is 6.25. The van der Waals surface area contributed by atoms with E-state index in [1.165, 1.54) is 0 Å². The Morgan fingerprint density at radius 3 is 2.83 bits per heavy atom. The standard InChI is InChI=1S/C12H12BrN3O2/c1-7(2)9-6-11(18-16-9)15-12(17)8-3-4-14-10(13)5-8/h3-7H,1-2H3,(H,15,17). The van der Waals surface area contributed by atoms with Crippen LogP contribution in [0.15, 0.2) is 33.5 Å². The molecule has 2 aromatic heterocycles. The van der Waals surface area contributed by atoms with Crippen molar-refractivity contribution in [1.29, 1.82) is 0 Å². The Kier molecular flexibility index (Phi) is 3.76. The third-order valence-electron chi connectivity index (χ3n) is 2.35. The van der Waals surface area contributed by atoms with E-state index in [0.29, 0.717) is 16.1 Å². The van der Waals surface area contributed by atoms with Crippen molar-refractivity contribution in [3.8, 4) is 0 Å². The van der Waals surface area contributed by atoms with Crippen LogP contribution in [0.2, 0.25) is 0 Å². The number of carbonyl (C=O) groups is 1. The largest absolute Gasteiger partial charge is 0.338 e. The van der Waals surface area contributed by atoms with Gasteiger partial charge in [-0.2, -0.15) is 0 Å². The SMILES string of the molecule is CC(C)c1cc(NC(=O)c2ccnc(Br)c2)on1. The van der Waals surface area contributed by atoms with Gasteiger partial charge in [-0.25, -0.2) is 4.98 Å². The highest BCUT2D eigenvalue weighted by atomic mass is 79.9. The maximum absolute atomic E-state index is 11.9. The van der Waals surface area contributed by atoms with E-state index in [-0.39, 0.29) is 11.8 Å². The quantitative estimate of drug-likeness (QED) is 0.884. The molecule has 1 amide bonds. The lowest BCUT2D eigenvalue weighted by Gasteiger charge is -2.00.